The summed E-state index contributed by atoms with van der Waals surface area (Å²) in [6.07, 6.45) is -4.86. The molecule has 8 heteroatoms. The van der Waals surface area contributed by atoms with Crippen LogP contribution in [0.1, 0.15) is 33.3 Å². The number of carbonyl (C=O) groups is 1. The van der Waals surface area contributed by atoms with Crippen molar-refractivity contribution in [2.75, 3.05) is 5.32 Å². The molecular weight excluding hydrogens is 375 g/mol. The van der Waals surface area contributed by atoms with Crippen LogP contribution < -0.4 is 10.6 Å². The van der Waals surface area contributed by atoms with Crippen LogP contribution in [0.5, 0.6) is 0 Å². The number of thiazole rings is 1. The van der Waals surface area contributed by atoms with Crippen molar-refractivity contribution < 1.29 is 18.0 Å². The van der Waals surface area contributed by atoms with Crippen LogP contribution in [0, 0.1) is 6.92 Å². The molecule has 1 aliphatic rings. The Morgan fingerprint density at radius 2 is 1.81 bits per heavy atom. The molecule has 0 radical (unpaired) electrons. The molecule has 4 rings (SSSR count). The molecule has 0 aliphatic carbocycles. The lowest BCUT2D eigenvalue weighted by Crippen LogP contribution is -2.38. The van der Waals surface area contributed by atoms with E-state index < -0.39 is 17.9 Å². The Morgan fingerprint density at radius 3 is 2.52 bits per heavy atom. The highest BCUT2D eigenvalue weighted by atomic mass is 32.1. The average Bonchev–Trinajstić information content (AvgIpc) is 3.12. The molecule has 27 heavy (non-hydrogen) atoms. The van der Waals surface area contributed by atoms with Gasteiger partial charge >= 0.3 is 6.18 Å². The molecule has 2 N–H and O–H groups in total. The van der Waals surface area contributed by atoms with Gasteiger partial charge in [-0.25, -0.2) is 4.98 Å². The number of hydrogen-bond acceptors (Lipinski definition) is 4. The third-order valence-corrected chi connectivity index (χ3v) is 5.27. The molecule has 0 spiro atoms. The summed E-state index contributed by atoms with van der Waals surface area (Å²) in [6.45, 7) is 1.91. The first kappa shape index (κ1) is 17.5. The van der Waals surface area contributed by atoms with E-state index in [1.165, 1.54) is 23.5 Å². The van der Waals surface area contributed by atoms with Gasteiger partial charge in [0.05, 0.1) is 22.5 Å². The van der Waals surface area contributed by atoms with Crippen molar-refractivity contribution in [1.82, 2.24) is 10.3 Å². The summed E-state index contributed by atoms with van der Waals surface area (Å²) in [5.41, 5.74) is 2.79. The first-order chi connectivity index (χ1) is 12.8. The van der Waals surface area contributed by atoms with Crippen LogP contribution in [-0.4, -0.2) is 10.9 Å². The topological polar surface area (TPSA) is 54.0 Å². The maximum absolute atomic E-state index is 12.7. The minimum absolute atomic E-state index is 0.193. The summed E-state index contributed by atoms with van der Waals surface area (Å²) in [5.74, 6) is -0.193. The van der Waals surface area contributed by atoms with Crippen molar-refractivity contribution in [3.05, 3.63) is 70.2 Å². The molecule has 1 atom stereocenters. The highest BCUT2D eigenvalue weighted by molar-refractivity contribution is 7.13. The van der Waals surface area contributed by atoms with E-state index in [0.717, 1.165) is 23.4 Å². The highest BCUT2D eigenvalue weighted by Crippen LogP contribution is 2.34. The van der Waals surface area contributed by atoms with Crippen LogP contribution in [0.15, 0.2) is 47.8 Å². The summed E-state index contributed by atoms with van der Waals surface area (Å²) in [4.78, 5) is 16.8. The zero-order valence-corrected chi connectivity index (χ0v) is 14.9. The van der Waals surface area contributed by atoms with Crippen LogP contribution in [0.4, 0.5) is 18.9 Å². The first-order valence-electron chi connectivity index (χ1n) is 8.13. The molecular formula is C19H14F3N3OS. The van der Waals surface area contributed by atoms with Crippen LogP contribution in [0.3, 0.4) is 0 Å². The lowest BCUT2D eigenvalue weighted by molar-refractivity contribution is -0.137. The molecule has 1 amide bonds. The Balaban J connectivity index is 1.60. The molecule has 1 aliphatic heterocycles. The van der Waals surface area contributed by atoms with Gasteiger partial charge in [-0.15, -0.1) is 11.3 Å². The number of halogens is 3. The molecule has 0 saturated heterocycles. The Kier molecular flexibility index (Phi) is 4.15. The van der Waals surface area contributed by atoms with E-state index in [-0.39, 0.29) is 5.91 Å². The first-order valence-corrected chi connectivity index (χ1v) is 9.01. The predicted octanol–water partition coefficient (Wildman–Crippen LogP) is 4.99. The Bertz CT molecular complexity index is 1010. The van der Waals surface area contributed by atoms with Gasteiger partial charge in [0.2, 0.25) is 0 Å². The fraction of sp³-hybridized carbons (Fsp3) is 0.158. The Labute approximate surface area is 157 Å². The van der Waals surface area contributed by atoms with E-state index in [1.807, 2.05) is 19.1 Å². The molecule has 0 fully saturated rings. The maximum Gasteiger partial charge on any atom is 0.416 e. The van der Waals surface area contributed by atoms with Crippen LogP contribution in [-0.2, 0) is 6.18 Å². The van der Waals surface area contributed by atoms with Gasteiger partial charge in [-0.05, 0) is 30.7 Å². The third-order valence-electron chi connectivity index (χ3n) is 4.36. The number of amides is 1. The van der Waals surface area contributed by atoms with Gasteiger partial charge in [-0.3, -0.25) is 4.79 Å². The molecule has 1 aromatic heterocycles. The molecule has 0 saturated carbocycles. The number of alkyl halides is 3. The van der Waals surface area contributed by atoms with Crippen molar-refractivity contribution in [3.8, 4) is 10.6 Å². The monoisotopic (exact) mass is 389 g/mol. The van der Waals surface area contributed by atoms with Crippen molar-refractivity contribution in [1.29, 1.82) is 0 Å². The van der Waals surface area contributed by atoms with E-state index in [0.29, 0.717) is 21.8 Å². The molecule has 138 valence electrons. The van der Waals surface area contributed by atoms with E-state index in [4.69, 9.17) is 0 Å². The largest absolute Gasteiger partial charge is 0.416 e. The Morgan fingerprint density at radius 1 is 1.07 bits per heavy atom. The smallest absolute Gasteiger partial charge is 0.359 e. The van der Waals surface area contributed by atoms with E-state index in [9.17, 15) is 18.0 Å². The second-order valence-corrected chi connectivity index (χ2v) is 7.06. The fourth-order valence-electron chi connectivity index (χ4n) is 2.94. The lowest BCUT2D eigenvalue weighted by atomic mass is 10.0. The summed E-state index contributed by atoms with van der Waals surface area (Å²) in [7, 11) is 0. The quantitative estimate of drug-likeness (QED) is 0.649. The van der Waals surface area contributed by atoms with Gasteiger partial charge in [-0.1, -0.05) is 24.3 Å². The second kappa shape index (κ2) is 6.38. The van der Waals surface area contributed by atoms with E-state index in [1.54, 1.807) is 11.4 Å². The van der Waals surface area contributed by atoms with Crippen molar-refractivity contribution in [2.45, 2.75) is 19.3 Å². The third kappa shape index (κ3) is 3.28. The number of hydrogen-bond donors (Lipinski definition) is 2. The van der Waals surface area contributed by atoms with Gasteiger partial charge in [0, 0.05) is 10.9 Å². The number of aryl methyl sites for hydroxylation is 1. The van der Waals surface area contributed by atoms with Crippen LogP contribution in [0.25, 0.3) is 10.6 Å². The normalized spacial score (nSPS) is 16.4. The number of nitrogens with one attached hydrogen (secondary N) is 2. The molecule has 1 unspecified atom stereocenters. The number of para-hydroxylation sites is 1. The number of fused-ring (bicyclic) bond motifs is 1. The van der Waals surface area contributed by atoms with Gasteiger partial charge < -0.3 is 10.6 Å². The second-order valence-electron chi connectivity index (χ2n) is 6.20. The van der Waals surface area contributed by atoms with Gasteiger partial charge in [-0.2, -0.15) is 13.2 Å². The number of carbonyl (C=O) groups excluding carboxylic acids is 1. The van der Waals surface area contributed by atoms with Crippen molar-refractivity contribution in [3.63, 3.8) is 0 Å². The summed E-state index contributed by atoms with van der Waals surface area (Å²) in [5, 5.41) is 8.50. The average molecular weight is 389 g/mol. The van der Waals surface area contributed by atoms with Crippen LogP contribution >= 0.6 is 11.3 Å². The lowest BCUT2D eigenvalue weighted by Gasteiger charge is -2.27. The fourth-order valence-corrected chi connectivity index (χ4v) is 3.79. The van der Waals surface area contributed by atoms with Crippen molar-refractivity contribution in [2.24, 2.45) is 0 Å². The van der Waals surface area contributed by atoms with E-state index >= 15 is 0 Å². The number of nitrogens with zero attached hydrogens (tertiary/aromatic N) is 1. The number of aromatic nitrogens is 1. The SMILES string of the molecule is Cc1cccc2c1NC(c1csc(-c3ccc(C(F)(F)F)cc3)n1)NC2=O. The Hall–Kier alpha value is -2.87. The maximum atomic E-state index is 12.7. The molecule has 2 aromatic carbocycles. The molecule has 4 nitrogen and oxygen atoms in total. The zero-order valence-electron chi connectivity index (χ0n) is 14.1. The number of rotatable bonds is 2. The molecule has 3 aromatic rings. The summed E-state index contributed by atoms with van der Waals surface area (Å²) in [6, 6.07) is 10.4. The van der Waals surface area contributed by atoms with Gasteiger partial charge in [0.25, 0.3) is 5.91 Å². The number of anilines is 1. The summed E-state index contributed by atoms with van der Waals surface area (Å²) >= 11 is 1.31. The molecule has 0 bridgehead atoms. The zero-order chi connectivity index (χ0) is 19.2. The van der Waals surface area contributed by atoms with E-state index in [2.05, 4.69) is 15.6 Å². The highest BCUT2D eigenvalue weighted by Gasteiger charge is 2.30. The van der Waals surface area contributed by atoms with Crippen LogP contribution in [0.2, 0.25) is 0 Å². The predicted molar refractivity (Wildman–Crippen MR) is 97.6 cm³/mol. The minimum Gasteiger partial charge on any atom is -0.359 e. The minimum atomic E-state index is -4.37. The standard InChI is InChI=1S/C19H14F3N3OS/c1-10-3-2-4-13-15(10)24-16(25-17(13)26)14-9-27-18(23-14)11-5-7-12(8-6-11)19(20,21)22/h2-9,16,24H,1H3,(H,25,26). The number of benzene rings is 2. The molecule has 2 heterocycles. The van der Waals surface area contributed by atoms with Gasteiger partial charge in [0.15, 0.2) is 0 Å². The van der Waals surface area contributed by atoms with Gasteiger partial charge in [0.1, 0.15) is 11.2 Å². The summed E-state index contributed by atoms with van der Waals surface area (Å²) < 4.78 is 38.1. The van der Waals surface area contributed by atoms with Crippen molar-refractivity contribution >= 4 is 22.9 Å².